The first-order valence-corrected chi connectivity index (χ1v) is 9.13. The quantitative estimate of drug-likeness (QED) is 0.326. The zero-order chi connectivity index (χ0) is 16.9. The number of hydrogen-bond donors (Lipinski definition) is 0. The van der Waals surface area contributed by atoms with Gasteiger partial charge in [-0.15, -0.1) is 0 Å². The Labute approximate surface area is 177 Å². The molecule has 25 heavy (non-hydrogen) atoms. The fourth-order valence-corrected chi connectivity index (χ4v) is 3.17. The van der Waals surface area contributed by atoms with Crippen LogP contribution in [-0.2, 0) is 47.6 Å². The van der Waals surface area contributed by atoms with Gasteiger partial charge in [0.15, 0.2) is 12.4 Å². The zero-order valence-electron chi connectivity index (χ0n) is 14.1. The van der Waals surface area contributed by atoms with Gasteiger partial charge in [0.2, 0.25) is 0 Å². The molecule has 1 aliphatic rings. The molecule has 2 heterocycles. The van der Waals surface area contributed by atoms with Gasteiger partial charge in [0.1, 0.15) is 0 Å². The van der Waals surface area contributed by atoms with E-state index in [1.165, 1.54) is 16.7 Å². The largest absolute Gasteiger partial charge is 0.800 e. The predicted molar refractivity (Wildman–Crippen MR) is 105 cm³/mol. The number of aromatic nitrogens is 1. The molecule has 137 valence electrons. The molecule has 0 aliphatic carbocycles. The van der Waals surface area contributed by atoms with Gasteiger partial charge in [-0.2, -0.15) is 5.01 Å². The van der Waals surface area contributed by atoms with E-state index < -0.39 is 0 Å². The number of rotatable bonds is 4. The van der Waals surface area contributed by atoms with E-state index in [-0.39, 0.29) is 27.1 Å². The van der Waals surface area contributed by atoms with Gasteiger partial charge >= 0.3 is 0 Å². The predicted octanol–water partition coefficient (Wildman–Crippen LogP) is 2.08. The maximum Gasteiger partial charge on any atom is 0.200 e. The molecule has 1 fully saturated rings. The van der Waals surface area contributed by atoms with Crippen molar-refractivity contribution >= 4 is 37.4 Å². The summed E-state index contributed by atoms with van der Waals surface area (Å²) < 4.78 is 1.97. The van der Waals surface area contributed by atoms with Gasteiger partial charge in [0, 0.05) is 47.6 Å². The standard InChI is InChI=1S/C19H23N3S2.Au/c1-16-2-4-17(5-3-16)6-7-18-8-10-21(11-9-18)22-14-12-20(13-15-22)19(23)24;/h2-11,19H,12-15H2,1H3,(H-,23,24);/p-1/b7-6+;. The molecule has 0 atom stereocenters. The minimum absolute atomic E-state index is 0. The van der Waals surface area contributed by atoms with Gasteiger partial charge in [-0.1, -0.05) is 46.7 Å². The number of nitrogens with zero attached hydrogens (tertiary/aromatic N) is 3. The van der Waals surface area contributed by atoms with E-state index in [4.69, 9.17) is 25.3 Å². The van der Waals surface area contributed by atoms with E-state index in [1.54, 1.807) is 0 Å². The Hall–Kier alpha value is -0.690. The molecule has 0 amide bonds. The van der Waals surface area contributed by atoms with Crippen LogP contribution in [0.4, 0.5) is 0 Å². The Morgan fingerprint density at radius 1 is 0.880 bits per heavy atom. The summed E-state index contributed by atoms with van der Waals surface area (Å²) in [6, 6.07) is 12.8. The zero-order valence-corrected chi connectivity index (χ0v) is 17.9. The smallest absolute Gasteiger partial charge is 0.200 e. The molecule has 0 N–H and O–H groups in total. The molecule has 1 aromatic carbocycles. The molecule has 1 saturated heterocycles. The summed E-state index contributed by atoms with van der Waals surface area (Å²) in [5, 5.41) is 2.32. The normalized spacial score (nSPS) is 15.6. The van der Waals surface area contributed by atoms with Crippen molar-refractivity contribution in [1.82, 2.24) is 4.90 Å². The van der Waals surface area contributed by atoms with E-state index in [1.807, 2.05) is 0 Å². The van der Waals surface area contributed by atoms with Crippen molar-refractivity contribution in [3.05, 3.63) is 65.5 Å². The molecule has 1 radical (unpaired) electrons. The number of benzene rings is 1. The van der Waals surface area contributed by atoms with Crippen LogP contribution in [0.2, 0.25) is 0 Å². The van der Waals surface area contributed by atoms with E-state index in [0.717, 1.165) is 26.2 Å². The molecule has 0 bridgehead atoms. The van der Waals surface area contributed by atoms with Crippen LogP contribution >= 0.6 is 0 Å². The summed E-state index contributed by atoms with van der Waals surface area (Å²) in [6.07, 6.45) is 8.52. The maximum absolute atomic E-state index is 5.16. The molecule has 3 nitrogen and oxygen atoms in total. The number of aryl methyl sites for hydroxylation is 1. The first-order chi connectivity index (χ1) is 11.6. The van der Waals surface area contributed by atoms with E-state index in [9.17, 15) is 0 Å². The Morgan fingerprint density at radius 3 is 1.92 bits per heavy atom. The topological polar surface area (TPSA) is 10.4 Å². The van der Waals surface area contributed by atoms with Crippen LogP contribution < -0.4 is 9.69 Å². The van der Waals surface area contributed by atoms with Crippen molar-refractivity contribution in [3.63, 3.8) is 0 Å². The Morgan fingerprint density at radius 2 is 1.40 bits per heavy atom. The van der Waals surface area contributed by atoms with Gasteiger partial charge < -0.3 is 30.2 Å². The maximum atomic E-state index is 5.16. The van der Waals surface area contributed by atoms with Crippen LogP contribution in [0, 0.1) is 6.92 Å². The first-order valence-electron chi connectivity index (χ1n) is 8.19. The first kappa shape index (κ1) is 20.6. The third-order valence-electron chi connectivity index (χ3n) is 4.30. The molecule has 0 spiro atoms. The molecule has 0 saturated carbocycles. The fourth-order valence-electron chi connectivity index (χ4n) is 2.75. The Bertz CT molecular complexity index is 679. The second-order valence-corrected chi connectivity index (χ2v) is 7.24. The molecule has 1 aliphatic heterocycles. The van der Waals surface area contributed by atoms with Crippen molar-refractivity contribution in [1.29, 1.82) is 0 Å². The molecular formula is C19H22AuN3S2-. The minimum Gasteiger partial charge on any atom is -0.800 e. The van der Waals surface area contributed by atoms with Crippen molar-refractivity contribution in [3.8, 4) is 0 Å². The second-order valence-electron chi connectivity index (χ2n) is 6.05. The van der Waals surface area contributed by atoms with Crippen molar-refractivity contribution in [2.75, 3.05) is 31.2 Å². The fraction of sp³-hybridized carbons (Fsp3) is 0.316. The second kappa shape index (κ2) is 9.86. The number of pyridine rings is 1. The van der Waals surface area contributed by atoms with Gasteiger partial charge in [-0.25, -0.2) is 4.71 Å². The molecule has 2 aromatic rings. The SMILES string of the molecule is Cc1ccc(/C=C/c2cc[n+](N3CCN(C([S-])[S-])CC3)cc2)cc1.[Au]. The van der Waals surface area contributed by atoms with Crippen molar-refractivity contribution < 1.29 is 27.1 Å². The third kappa shape index (κ3) is 5.91. The Kier molecular flexibility index (Phi) is 8.13. The average Bonchev–Trinajstić information content (AvgIpc) is 2.62. The van der Waals surface area contributed by atoms with Gasteiger partial charge in [-0.05, 0) is 18.1 Å². The molecule has 3 rings (SSSR count). The summed E-state index contributed by atoms with van der Waals surface area (Å²) in [7, 11) is 0. The number of piperazine rings is 1. The monoisotopic (exact) mass is 553 g/mol. The van der Waals surface area contributed by atoms with Gasteiger partial charge in [0.05, 0.1) is 13.1 Å². The van der Waals surface area contributed by atoms with E-state index in [0.29, 0.717) is 0 Å². The van der Waals surface area contributed by atoms with Gasteiger partial charge in [0.25, 0.3) is 0 Å². The third-order valence-corrected chi connectivity index (χ3v) is 4.90. The summed E-state index contributed by atoms with van der Waals surface area (Å²) in [5.41, 5.74) is 3.70. The summed E-state index contributed by atoms with van der Waals surface area (Å²) in [5.74, 6) is 0. The van der Waals surface area contributed by atoms with E-state index >= 15 is 0 Å². The van der Waals surface area contributed by atoms with Crippen LogP contribution in [0.3, 0.4) is 0 Å². The van der Waals surface area contributed by atoms with Gasteiger partial charge in [-0.3, -0.25) is 0 Å². The summed E-state index contributed by atoms with van der Waals surface area (Å²) in [6.45, 7) is 5.87. The van der Waals surface area contributed by atoms with Crippen LogP contribution in [0.1, 0.15) is 16.7 Å². The minimum atomic E-state index is -0.188. The van der Waals surface area contributed by atoms with Crippen LogP contribution in [0.25, 0.3) is 12.2 Å². The van der Waals surface area contributed by atoms with Crippen LogP contribution in [0.15, 0.2) is 48.8 Å². The molecule has 0 unspecified atom stereocenters. The summed E-state index contributed by atoms with van der Waals surface area (Å²) in [4.78, 5) is 2.17. The van der Waals surface area contributed by atoms with Crippen LogP contribution in [0.5, 0.6) is 0 Å². The molecular weight excluding hydrogens is 531 g/mol. The van der Waals surface area contributed by atoms with Crippen molar-refractivity contribution in [2.24, 2.45) is 0 Å². The van der Waals surface area contributed by atoms with E-state index in [2.05, 4.69) is 82.5 Å². The number of hydrogen-bond acceptors (Lipinski definition) is 4. The Balaban J connectivity index is 0.00000225. The molecule has 1 aromatic heterocycles. The summed E-state index contributed by atoms with van der Waals surface area (Å²) >= 11 is 10.3. The van der Waals surface area contributed by atoms with Crippen molar-refractivity contribution in [2.45, 2.75) is 11.6 Å². The average molecular weight is 554 g/mol. The van der Waals surface area contributed by atoms with Crippen LogP contribution in [-0.4, -0.2) is 35.8 Å². The molecule has 6 heteroatoms.